The molecule has 1 aliphatic rings. The van der Waals surface area contributed by atoms with Gasteiger partial charge in [-0.3, -0.25) is 9.89 Å². The SMILES string of the molecule is CCNC(=NCC(c1ccco1)N1CCCCC1)NCC(O)c1ccc(C)cc1. The van der Waals surface area contributed by atoms with E-state index in [4.69, 9.17) is 9.41 Å². The Balaban J connectivity index is 1.63. The third-order valence-electron chi connectivity index (χ3n) is 5.39. The van der Waals surface area contributed by atoms with Gasteiger partial charge in [0.05, 0.1) is 25.0 Å². The molecule has 0 bridgehead atoms. The lowest BCUT2D eigenvalue weighted by molar-refractivity contribution is 0.150. The fourth-order valence-electron chi connectivity index (χ4n) is 3.72. The van der Waals surface area contributed by atoms with E-state index in [1.54, 1.807) is 6.26 Å². The van der Waals surface area contributed by atoms with E-state index in [0.717, 1.165) is 31.0 Å². The Morgan fingerprint density at radius 2 is 1.90 bits per heavy atom. The second-order valence-corrected chi connectivity index (χ2v) is 7.65. The van der Waals surface area contributed by atoms with Gasteiger partial charge in [0.2, 0.25) is 0 Å². The molecule has 0 radical (unpaired) electrons. The number of aliphatic hydroxyl groups is 1. The van der Waals surface area contributed by atoms with Crippen LogP contribution in [0.2, 0.25) is 0 Å². The van der Waals surface area contributed by atoms with E-state index in [1.807, 2.05) is 50.2 Å². The summed E-state index contributed by atoms with van der Waals surface area (Å²) < 4.78 is 5.72. The first-order valence-electron chi connectivity index (χ1n) is 10.7. The number of aliphatic hydroxyl groups excluding tert-OH is 1. The van der Waals surface area contributed by atoms with Crippen LogP contribution in [0, 0.1) is 6.92 Å². The van der Waals surface area contributed by atoms with Gasteiger partial charge in [0, 0.05) is 13.1 Å². The molecule has 158 valence electrons. The zero-order valence-corrected chi connectivity index (χ0v) is 17.6. The van der Waals surface area contributed by atoms with Crippen molar-refractivity contribution in [1.82, 2.24) is 15.5 Å². The number of benzene rings is 1. The molecule has 0 amide bonds. The van der Waals surface area contributed by atoms with Crippen molar-refractivity contribution in [2.75, 3.05) is 32.7 Å². The Kier molecular flexibility index (Phi) is 8.14. The normalized spacial score (nSPS) is 17.7. The predicted octanol–water partition coefficient (Wildman–Crippen LogP) is 3.40. The van der Waals surface area contributed by atoms with E-state index in [2.05, 4.69) is 15.5 Å². The van der Waals surface area contributed by atoms with Crippen LogP contribution in [-0.2, 0) is 0 Å². The molecule has 0 saturated carbocycles. The molecule has 1 aliphatic heterocycles. The van der Waals surface area contributed by atoms with Gasteiger partial charge in [-0.05, 0) is 57.5 Å². The van der Waals surface area contributed by atoms with Gasteiger partial charge < -0.3 is 20.2 Å². The van der Waals surface area contributed by atoms with E-state index in [0.29, 0.717) is 19.0 Å². The fraction of sp³-hybridized carbons (Fsp3) is 0.522. The average molecular weight is 399 g/mol. The lowest BCUT2D eigenvalue weighted by atomic mass is 10.1. The maximum Gasteiger partial charge on any atom is 0.191 e. The lowest BCUT2D eigenvalue weighted by Crippen LogP contribution is -2.41. The summed E-state index contributed by atoms with van der Waals surface area (Å²) in [5.74, 6) is 1.68. The first-order chi connectivity index (χ1) is 14.2. The van der Waals surface area contributed by atoms with Gasteiger partial charge in [-0.25, -0.2) is 0 Å². The molecular weight excluding hydrogens is 364 g/mol. The minimum absolute atomic E-state index is 0.141. The summed E-state index contributed by atoms with van der Waals surface area (Å²) in [5.41, 5.74) is 2.09. The molecule has 6 heteroatoms. The second-order valence-electron chi connectivity index (χ2n) is 7.65. The van der Waals surface area contributed by atoms with E-state index >= 15 is 0 Å². The molecule has 2 heterocycles. The summed E-state index contributed by atoms with van der Waals surface area (Å²) in [6.07, 6.45) is 4.90. The van der Waals surface area contributed by atoms with E-state index in [-0.39, 0.29) is 6.04 Å². The largest absolute Gasteiger partial charge is 0.468 e. The number of nitrogens with one attached hydrogen (secondary N) is 2. The van der Waals surface area contributed by atoms with Crippen molar-refractivity contribution < 1.29 is 9.52 Å². The zero-order valence-electron chi connectivity index (χ0n) is 17.6. The van der Waals surface area contributed by atoms with Gasteiger partial charge in [-0.15, -0.1) is 0 Å². The van der Waals surface area contributed by atoms with Crippen molar-refractivity contribution in [2.24, 2.45) is 4.99 Å². The van der Waals surface area contributed by atoms with E-state index in [1.165, 1.54) is 24.8 Å². The quantitative estimate of drug-likeness (QED) is 0.469. The molecule has 6 nitrogen and oxygen atoms in total. The first kappa shape index (κ1) is 21.4. The Labute approximate surface area is 174 Å². The van der Waals surface area contributed by atoms with Crippen LogP contribution in [0.1, 0.15) is 55.2 Å². The van der Waals surface area contributed by atoms with Crippen LogP contribution in [0.4, 0.5) is 0 Å². The zero-order chi connectivity index (χ0) is 20.5. The van der Waals surface area contributed by atoms with Crippen LogP contribution in [0.3, 0.4) is 0 Å². The number of hydrogen-bond donors (Lipinski definition) is 3. The Morgan fingerprint density at radius 3 is 2.55 bits per heavy atom. The maximum absolute atomic E-state index is 10.5. The topological polar surface area (TPSA) is 73.0 Å². The number of furan rings is 1. The third kappa shape index (κ3) is 6.34. The molecule has 1 aromatic carbocycles. The van der Waals surface area contributed by atoms with Crippen molar-refractivity contribution in [2.45, 2.75) is 45.3 Å². The number of guanidine groups is 1. The van der Waals surface area contributed by atoms with E-state index in [9.17, 15) is 5.11 Å². The summed E-state index contributed by atoms with van der Waals surface area (Å²) in [7, 11) is 0. The van der Waals surface area contributed by atoms with Crippen LogP contribution in [0.25, 0.3) is 0 Å². The highest BCUT2D eigenvalue weighted by Crippen LogP contribution is 2.25. The summed E-state index contributed by atoms with van der Waals surface area (Å²) in [5, 5.41) is 17.0. The average Bonchev–Trinajstić information content (AvgIpc) is 3.27. The number of rotatable bonds is 8. The molecule has 29 heavy (non-hydrogen) atoms. The van der Waals surface area contributed by atoms with Gasteiger partial charge in [-0.1, -0.05) is 36.2 Å². The van der Waals surface area contributed by atoms with Crippen LogP contribution >= 0.6 is 0 Å². The molecule has 0 aliphatic carbocycles. The van der Waals surface area contributed by atoms with E-state index < -0.39 is 6.10 Å². The predicted molar refractivity (Wildman–Crippen MR) is 117 cm³/mol. The molecule has 3 rings (SSSR count). The van der Waals surface area contributed by atoms with Crippen LogP contribution in [0.5, 0.6) is 0 Å². The van der Waals surface area contributed by atoms with Crippen molar-refractivity contribution in [1.29, 1.82) is 0 Å². The summed E-state index contributed by atoms with van der Waals surface area (Å²) in [6, 6.07) is 12.1. The molecule has 1 fully saturated rings. The number of likely N-dealkylation sites (tertiary alicyclic amines) is 1. The maximum atomic E-state index is 10.5. The second kappa shape index (κ2) is 11.0. The first-order valence-corrected chi connectivity index (χ1v) is 10.7. The number of hydrogen-bond acceptors (Lipinski definition) is 4. The van der Waals surface area contributed by atoms with Crippen molar-refractivity contribution in [3.63, 3.8) is 0 Å². The van der Waals surface area contributed by atoms with Gasteiger partial charge >= 0.3 is 0 Å². The van der Waals surface area contributed by atoms with Crippen molar-refractivity contribution in [3.8, 4) is 0 Å². The number of aliphatic imine (C=N–C) groups is 1. The number of nitrogens with zero attached hydrogens (tertiary/aromatic N) is 2. The molecule has 3 N–H and O–H groups in total. The molecule has 2 aromatic rings. The minimum Gasteiger partial charge on any atom is -0.468 e. The third-order valence-corrected chi connectivity index (χ3v) is 5.39. The lowest BCUT2D eigenvalue weighted by Gasteiger charge is -2.32. The number of piperidine rings is 1. The minimum atomic E-state index is -0.581. The van der Waals surface area contributed by atoms with Crippen LogP contribution < -0.4 is 10.6 Å². The highest BCUT2D eigenvalue weighted by Gasteiger charge is 2.24. The van der Waals surface area contributed by atoms with Gasteiger partial charge in [0.25, 0.3) is 0 Å². The highest BCUT2D eigenvalue weighted by molar-refractivity contribution is 5.79. The Bertz CT molecular complexity index is 737. The highest BCUT2D eigenvalue weighted by atomic mass is 16.3. The molecular formula is C23H34N4O2. The monoisotopic (exact) mass is 398 g/mol. The van der Waals surface area contributed by atoms with Crippen LogP contribution in [-0.4, -0.2) is 48.7 Å². The summed E-state index contributed by atoms with van der Waals surface area (Å²) in [6.45, 7) is 8.04. The molecule has 2 unspecified atom stereocenters. The number of aryl methyl sites for hydroxylation is 1. The Morgan fingerprint density at radius 1 is 1.14 bits per heavy atom. The molecule has 1 aromatic heterocycles. The summed E-state index contributed by atoms with van der Waals surface area (Å²) in [4.78, 5) is 7.28. The Hall–Kier alpha value is -2.31. The molecule has 2 atom stereocenters. The smallest absolute Gasteiger partial charge is 0.191 e. The molecule has 1 saturated heterocycles. The van der Waals surface area contributed by atoms with Crippen molar-refractivity contribution in [3.05, 3.63) is 59.5 Å². The standard InChI is InChI=1S/C23H34N4O2/c1-3-24-23(26-17-21(28)19-11-9-18(2)10-12-19)25-16-20(22-8-7-15-29-22)27-13-5-4-6-14-27/h7-12,15,20-21,28H,3-6,13-14,16-17H2,1-2H3,(H2,24,25,26). The van der Waals surface area contributed by atoms with Gasteiger partial charge in [0.15, 0.2) is 5.96 Å². The van der Waals surface area contributed by atoms with Gasteiger partial charge in [-0.2, -0.15) is 0 Å². The van der Waals surface area contributed by atoms with Gasteiger partial charge in [0.1, 0.15) is 5.76 Å². The van der Waals surface area contributed by atoms with Crippen LogP contribution in [0.15, 0.2) is 52.1 Å². The van der Waals surface area contributed by atoms with Crippen molar-refractivity contribution >= 4 is 5.96 Å². The fourth-order valence-corrected chi connectivity index (χ4v) is 3.72. The molecule has 0 spiro atoms. The summed E-state index contributed by atoms with van der Waals surface area (Å²) >= 11 is 0.